The van der Waals surface area contributed by atoms with Crippen LogP contribution in [0.4, 0.5) is 0 Å². The average Bonchev–Trinajstić information content (AvgIpc) is 2.05. The largest absolute Gasteiger partial charge is 0.113 e. The molecule has 10 heavy (non-hydrogen) atoms. The molecule has 2 aliphatic rings. The molecule has 0 aromatic heterocycles. The van der Waals surface area contributed by atoms with Crippen LogP contribution in [0.15, 0.2) is 42.0 Å². The lowest BCUT2D eigenvalue weighted by Crippen LogP contribution is -2.04. The summed E-state index contributed by atoms with van der Waals surface area (Å²) < 4.78 is 0. The van der Waals surface area contributed by atoms with Gasteiger partial charge in [-0.05, 0) is 11.6 Å². The molecular formula is C9H7S. The third-order valence-electron chi connectivity index (χ3n) is 1.55. The predicted octanol–water partition coefficient (Wildman–Crippen LogP) is 2.47. The van der Waals surface area contributed by atoms with Gasteiger partial charge in [0.15, 0.2) is 0 Å². The Kier molecular flexibility index (Phi) is 1.52. The summed E-state index contributed by atoms with van der Waals surface area (Å²) in [6.07, 6.45) is 12.6. The normalized spacial score (nSPS) is 28.0. The molecule has 0 amide bonds. The molecule has 1 radical (unpaired) electrons. The minimum atomic E-state index is 0.523. The topological polar surface area (TPSA) is 0 Å². The highest BCUT2D eigenvalue weighted by Gasteiger charge is 2.11. The quantitative estimate of drug-likeness (QED) is 0.507. The Morgan fingerprint density at radius 3 is 3.30 bits per heavy atom. The fourth-order valence-electron chi connectivity index (χ4n) is 1.04. The highest BCUT2D eigenvalue weighted by molar-refractivity contribution is 8.01. The van der Waals surface area contributed by atoms with Crippen molar-refractivity contribution >= 4 is 11.8 Å². The minimum absolute atomic E-state index is 0.523. The maximum absolute atomic E-state index is 3.11. The van der Waals surface area contributed by atoms with Crippen LogP contribution in [0, 0.1) is 5.41 Å². The van der Waals surface area contributed by atoms with Gasteiger partial charge in [0.25, 0.3) is 0 Å². The van der Waals surface area contributed by atoms with E-state index in [-0.39, 0.29) is 0 Å². The maximum Gasteiger partial charge on any atom is 0.0527 e. The molecule has 0 aromatic carbocycles. The van der Waals surface area contributed by atoms with Gasteiger partial charge in [0.2, 0.25) is 0 Å². The van der Waals surface area contributed by atoms with Crippen LogP contribution in [0.2, 0.25) is 0 Å². The maximum atomic E-state index is 3.11. The molecule has 0 spiro atoms. The molecule has 1 aliphatic heterocycles. The molecule has 2 rings (SSSR count). The summed E-state index contributed by atoms with van der Waals surface area (Å²) in [6.45, 7) is 0. The number of allylic oxidation sites excluding steroid dienone is 5. The van der Waals surface area contributed by atoms with E-state index in [0.29, 0.717) is 5.25 Å². The van der Waals surface area contributed by atoms with Gasteiger partial charge in [0, 0.05) is 5.41 Å². The van der Waals surface area contributed by atoms with Gasteiger partial charge in [0.05, 0.1) is 5.25 Å². The van der Waals surface area contributed by atoms with Crippen molar-refractivity contribution in [2.24, 2.45) is 0 Å². The van der Waals surface area contributed by atoms with Gasteiger partial charge in [-0.3, -0.25) is 0 Å². The molecule has 1 heteroatoms. The summed E-state index contributed by atoms with van der Waals surface area (Å²) >= 11 is 1.74. The molecule has 1 aliphatic carbocycles. The summed E-state index contributed by atoms with van der Waals surface area (Å²) in [5, 5.41) is 3.64. The zero-order chi connectivity index (χ0) is 6.81. The van der Waals surface area contributed by atoms with E-state index in [9.17, 15) is 0 Å². The second-order valence-electron chi connectivity index (χ2n) is 2.23. The average molecular weight is 147 g/mol. The first-order valence-corrected chi connectivity index (χ1v) is 4.14. The molecule has 49 valence electrons. The molecule has 0 bridgehead atoms. The van der Waals surface area contributed by atoms with Gasteiger partial charge in [-0.1, -0.05) is 30.4 Å². The third kappa shape index (κ3) is 0.971. The van der Waals surface area contributed by atoms with Crippen LogP contribution in [0.1, 0.15) is 0 Å². The van der Waals surface area contributed by atoms with Crippen molar-refractivity contribution in [3.63, 3.8) is 0 Å². The predicted molar refractivity (Wildman–Crippen MR) is 45.6 cm³/mol. The van der Waals surface area contributed by atoms with E-state index in [0.717, 1.165) is 0 Å². The van der Waals surface area contributed by atoms with Crippen molar-refractivity contribution in [2.45, 2.75) is 5.25 Å². The van der Waals surface area contributed by atoms with Crippen LogP contribution in [0.25, 0.3) is 0 Å². The number of rotatable bonds is 0. The van der Waals surface area contributed by atoms with E-state index in [2.05, 4.69) is 35.8 Å². The van der Waals surface area contributed by atoms with E-state index in [1.807, 2.05) is 6.08 Å². The molecular weight excluding hydrogens is 140 g/mol. The van der Waals surface area contributed by atoms with Crippen LogP contribution >= 0.6 is 11.8 Å². The fourth-order valence-corrected chi connectivity index (χ4v) is 1.79. The first-order valence-electron chi connectivity index (χ1n) is 3.26. The van der Waals surface area contributed by atoms with Crippen LogP contribution in [0.5, 0.6) is 0 Å². The monoisotopic (exact) mass is 147 g/mol. The van der Waals surface area contributed by atoms with Crippen molar-refractivity contribution in [1.29, 1.82) is 0 Å². The second-order valence-corrected chi connectivity index (χ2v) is 3.21. The number of thioether (sulfide) groups is 1. The molecule has 0 N–H and O–H groups in total. The minimum Gasteiger partial charge on any atom is -0.113 e. The molecule has 1 unspecified atom stereocenters. The van der Waals surface area contributed by atoms with Crippen LogP contribution in [-0.4, -0.2) is 5.25 Å². The van der Waals surface area contributed by atoms with E-state index in [4.69, 9.17) is 0 Å². The van der Waals surface area contributed by atoms with Crippen LogP contribution in [-0.2, 0) is 0 Å². The molecule has 0 saturated carbocycles. The first kappa shape index (κ1) is 6.05. The van der Waals surface area contributed by atoms with Crippen molar-refractivity contribution in [3.8, 4) is 0 Å². The van der Waals surface area contributed by atoms with Crippen LogP contribution < -0.4 is 0 Å². The van der Waals surface area contributed by atoms with E-state index in [1.54, 1.807) is 11.8 Å². The zero-order valence-electron chi connectivity index (χ0n) is 5.45. The summed E-state index contributed by atoms with van der Waals surface area (Å²) in [4.78, 5) is 0. The number of fused-ring (bicyclic) bond motifs is 1. The smallest absolute Gasteiger partial charge is 0.0527 e. The lowest BCUT2D eigenvalue weighted by molar-refractivity contribution is 1.28. The summed E-state index contributed by atoms with van der Waals surface area (Å²) in [6, 6.07) is 0. The van der Waals surface area contributed by atoms with Gasteiger partial charge in [-0.2, -0.15) is 0 Å². The lowest BCUT2D eigenvalue weighted by atomic mass is 10.1. The highest BCUT2D eigenvalue weighted by Crippen LogP contribution is 2.28. The summed E-state index contributed by atoms with van der Waals surface area (Å²) in [5.41, 5.74) is 1.38. The fraction of sp³-hybridized carbons (Fsp3) is 0.111. The van der Waals surface area contributed by atoms with E-state index < -0.39 is 0 Å². The highest BCUT2D eigenvalue weighted by atomic mass is 32.2. The SMILES string of the molecule is [C]1=CC=C2C=CC=CC2S1. The van der Waals surface area contributed by atoms with Gasteiger partial charge in [0.1, 0.15) is 0 Å². The molecule has 1 heterocycles. The molecule has 1 atom stereocenters. The molecule has 0 fully saturated rings. The van der Waals surface area contributed by atoms with E-state index in [1.165, 1.54) is 5.57 Å². The van der Waals surface area contributed by atoms with Gasteiger partial charge >= 0.3 is 0 Å². The summed E-state index contributed by atoms with van der Waals surface area (Å²) in [7, 11) is 0. The zero-order valence-corrected chi connectivity index (χ0v) is 6.27. The van der Waals surface area contributed by atoms with Gasteiger partial charge in [-0.15, -0.1) is 11.8 Å². The molecule has 0 aromatic rings. The second kappa shape index (κ2) is 2.51. The van der Waals surface area contributed by atoms with Crippen molar-refractivity contribution in [2.75, 3.05) is 0 Å². The Balaban J connectivity index is 2.34. The Morgan fingerprint density at radius 2 is 2.40 bits per heavy atom. The van der Waals surface area contributed by atoms with Crippen LogP contribution in [0.3, 0.4) is 0 Å². The number of hydrogen-bond donors (Lipinski definition) is 0. The Labute approximate surface area is 65.0 Å². The standard InChI is InChI=1S/C9H7S/c1-2-6-9-8(4-1)5-3-7-10-9/h1-6,9H. The first-order chi connectivity index (χ1) is 4.97. The molecule has 0 nitrogen and oxygen atoms in total. The van der Waals surface area contributed by atoms with Crippen molar-refractivity contribution in [1.82, 2.24) is 0 Å². The van der Waals surface area contributed by atoms with Crippen molar-refractivity contribution in [3.05, 3.63) is 47.4 Å². The Bertz CT molecular complexity index is 243. The van der Waals surface area contributed by atoms with E-state index >= 15 is 0 Å². The van der Waals surface area contributed by atoms with Gasteiger partial charge < -0.3 is 0 Å². The van der Waals surface area contributed by atoms with Crippen molar-refractivity contribution < 1.29 is 0 Å². The summed E-state index contributed by atoms with van der Waals surface area (Å²) in [5.74, 6) is 0. The number of hydrogen-bond acceptors (Lipinski definition) is 1. The molecule has 0 saturated heterocycles. The lowest BCUT2D eigenvalue weighted by Gasteiger charge is -2.15. The third-order valence-corrected chi connectivity index (χ3v) is 2.51. The van der Waals surface area contributed by atoms with Gasteiger partial charge in [-0.25, -0.2) is 0 Å². The Morgan fingerprint density at radius 1 is 1.40 bits per heavy atom. The Hall–Kier alpha value is -0.690.